The Bertz CT molecular complexity index is 437. The quantitative estimate of drug-likeness (QED) is 0.850. The summed E-state index contributed by atoms with van der Waals surface area (Å²) < 4.78 is 1.65. The van der Waals surface area contributed by atoms with E-state index in [0.29, 0.717) is 18.8 Å². The summed E-state index contributed by atoms with van der Waals surface area (Å²) in [6.45, 7) is 10.1. The molecule has 0 aromatic carbocycles. The number of aryl methyl sites for hydroxylation is 2. The largest absolute Gasteiger partial charge is 0.337 e. The van der Waals surface area contributed by atoms with E-state index in [-0.39, 0.29) is 11.3 Å². The van der Waals surface area contributed by atoms with Crippen molar-refractivity contribution in [3.8, 4) is 0 Å². The summed E-state index contributed by atoms with van der Waals surface area (Å²) in [5.41, 5.74) is 7.20. The van der Waals surface area contributed by atoms with Crippen molar-refractivity contribution in [1.82, 2.24) is 14.7 Å². The number of nitrogens with zero attached hydrogens (tertiary/aromatic N) is 3. The minimum atomic E-state index is -0.0710. The zero-order chi connectivity index (χ0) is 14.6. The predicted molar refractivity (Wildman–Crippen MR) is 77.0 cm³/mol. The van der Waals surface area contributed by atoms with Crippen molar-refractivity contribution in [2.45, 2.75) is 34.1 Å². The number of hydrogen-bond acceptors (Lipinski definition) is 3. The first-order valence-corrected chi connectivity index (χ1v) is 6.80. The number of carbonyl (C=O) groups excluding carboxylic acids is 1. The number of hydrogen-bond donors (Lipinski definition) is 1. The molecule has 2 N–H and O–H groups in total. The smallest absolute Gasteiger partial charge is 0.272 e. The van der Waals surface area contributed by atoms with Gasteiger partial charge < -0.3 is 10.6 Å². The zero-order valence-corrected chi connectivity index (χ0v) is 12.7. The summed E-state index contributed by atoms with van der Waals surface area (Å²) in [5, 5.41) is 4.24. The highest BCUT2D eigenvalue weighted by atomic mass is 16.2. The Kier molecular flexibility index (Phi) is 5.11. The minimum Gasteiger partial charge on any atom is -0.337 e. The van der Waals surface area contributed by atoms with Crippen molar-refractivity contribution >= 4 is 5.91 Å². The third kappa shape index (κ3) is 4.06. The highest BCUT2D eigenvalue weighted by Gasteiger charge is 2.25. The molecule has 5 nitrogen and oxygen atoms in total. The van der Waals surface area contributed by atoms with Crippen LogP contribution in [-0.4, -0.2) is 40.2 Å². The maximum atomic E-state index is 12.6. The van der Waals surface area contributed by atoms with Crippen molar-refractivity contribution in [2.75, 3.05) is 19.6 Å². The van der Waals surface area contributed by atoms with Crippen LogP contribution in [0.3, 0.4) is 0 Å². The Labute approximate surface area is 115 Å². The first kappa shape index (κ1) is 15.7. The van der Waals surface area contributed by atoms with Gasteiger partial charge in [0, 0.05) is 20.1 Å². The van der Waals surface area contributed by atoms with E-state index in [1.165, 1.54) is 0 Å². The Balaban J connectivity index is 2.93. The van der Waals surface area contributed by atoms with Gasteiger partial charge in [-0.1, -0.05) is 20.8 Å². The molecule has 0 saturated carbocycles. The Morgan fingerprint density at radius 3 is 2.58 bits per heavy atom. The molecule has 0 atom stereocenters. The van der Waals surface area contributed by atoms with Crippen molar-refractivity contribution in [3.63, 3.8) is 0 Å². The van der Waals surface area contributed by atoms with Gasteiger partial charge in [0.2, 0.25) is 0 Å². The zero-order valence-electron chi connectivity index (χ0n) is 12.7. The summed E-state index contributed by atoms with van der Waals surface area (Å²) in [6.07, 6.45) is 0.934. The second kappa shape index (κ2) is 6.19. The Morgan fingerprint density at radius 1 is 1.53 bits per heavy atom. The molecule has 0 radical (unpaired) electrons. The van der Waals surface area contributed by atoms with Gasteiger partial charge in [0.05, 0.1) is 5.69 Å². The van der Waals surface area contributed by atoms with Crippen LogP contribution in [0.25, 0.3) is 0 Å². The summed E-state index contributed by atoms with van der Waals surface area (Å²) in [4.78, 5) is 14.5. The second-order valence-corrected chi connectivity index (χ2v) is 5.89. The number of nitrogens with two attached hydrogens (primary N) is 1. The topological polar surface area (TPSA) is 64.2 Å². The normalized spacial score (nSPS) is 11.7. The number of amides is 1. The monoisotopic (exact) mass is 266 g/mol. The van der Waals surface area contributed by atoms with Crippen LogP contribution in [-0.2, 0) is 7.05 Å². The lowest BCUT2D eigenvalue weighted by atomic mass is 9.93. The van der Waals surface area contributed by atoms with E-state index in [4.69, 9.17) is 5.73 Å². The lowest BCUT2D eigenvalue weighted by molar-refractivity contribution is 0.0678. The third-order valence-electron chi connectivity index (χ3n) is 3.17. The fraction of sp³-hybridized carbons (Fsp3) is 0.714. The van der Waals surface area contributed by atoms with Crippen molar-refractivity contribution in [3.05, 3.63) is 17.5 Å². The van der Waals surface area contributed by atoms with Crippen LogP contribution >= 0.6 is 0 Å². The molecule has 19 heavy (non-hydrogen) atoms. The molecular weight excluding hydrogens is 240 g/mol. The molecule has 0 aliphatic rings. The average Bonchev–Trinajstić information content (AvgIpc) is 2.67. The van der Waals surface area contributed by atoms with Crippen LogP contribution in [0.4, 0.5) is 0 Å². The molecule has 5 heteroatoms. The van der Waals surface area contributed by atoms with Crippen LogP contribution in [0.2, 0.25) is 0 Å². The molecule has 0 aliphatic heterocycles. The van der Waals surface area contributed by atoms with Crippen LogP contribution < -0.4 is 5.73 Å². The van der Waals surface area contributed by atoms with Gasteiger partial charge in [-0.25, -0.2) is 0 Å². The predicted octanol–water partition coefficient (Wildman–Crippen LogP) is 1.57. The molecule has 0 bridgehead atoms. The maximum absolute atomic E-state index is 12.6. The standard InChI is InChI=1S/C14H26N4O/c1-6-7-18(10-14(3,4)9-15)13(19)12-8-11(2)16-17(12)5/h8H,6-7,9-10,15H2,1-5H3. The molecule has 108 valence electrons. The van der Waals surface area contributed by atoms with Gasteiger partial charge in [-0.05, 0) is 31.4 Å². The molecule has 0 aliphatic carbocycles. The Morgan fingerprint density at radius 2 is 2.16 bits per heavy atom. The highest BCUT2D eigenvalue weighted by Crippen LogP contribution is 2.17. The molecule has 0 unspecified atom stereocenters. The molecule has 1 amide bonds. The summed E-state index contributed by atoms with van der Waals surface area (Å²) >= 11 is 0. The number of aromatic nitrogens is 2. The van der Waals surface area contributed by atoms with E-state index < -0.39 is 0 Å². The van der Waals surface area contributed by atoms with E-state index in [1.807, 2.05) is 17.9 Å². The van der Waals surface area contributed by atoms with E-state index >= 15 is 0 Å². The molecule has 1 rings (SSSR count). The van der Waals surface area contributed by atoms with E-state index in [0.717, 1.165) is 18.7 Å². The van der Waals surface area contributed by atoms with Crippen LogP contribution in [0.1, 0.15) is 43.4 Å². The summed E-state index contributed by atoms with van der Waals surface area (Å²) in [5.74, 6) is 0.0338. The first-order chi connectivity index (χ1) is 8.80. The third-order valence-corrected chi connectivity index (χ3v) is 3.17. The molecule has 1 aromatic heterocycles. The molecule has 1 aromatic rings. The fourth-order valence-corrected chi connectivity index (χ4v) is 2.08. The van der Waals surface area contributed by atoms with E-state index in [9.17, 15) is 4.79 Å². The van der Waals surface area contributed by atoms with Gasteiger partial charge in [-0.2, -0.15) is 5.10 Å². The van der Waals surface area contributed by atoms with E-state index in [1.54, 1.807) is 11.7 Å². The second-order valence-electron chi connectivity index (χ2n) is 5.89. The minimum absolute atomic E-state index is 0.0338. The van der Waals surface area contributed by atoms with Crippen molar-refractivity contribution in [2.24, 2.45) is 18.2 Å². The van der Waals surface area contributed by atoms with Crippen molar-refractivity contribution < 1.29 is 4.79 Å². The molecule has 0 spiro atoms. The Hall–Kier alpha value is -1.36. The van der Waals surface area contributed by atoms with Gasteiger partial charge in [-0.15, -0.1) is 0 Å². The maximum Gasteiger partial charge on any atom is 0.272 e. The summed E-state index contributed by atoms with van der Waals surface area (Å²) in [7, 11) is 1.80. The van der Waals surface area contributed by atoms with Crippen LogP contribution in [0.15, 0.2) is 6.07 Å². The van der Waals surface area contributed by atoms with E-state index in [2.05, 4.69) is 25.9 Å². The van der Waals surface area contributed by atoms with Gasteiger partial charge in [-0.3, -0.25) is 9.48 Å². The van der Waals surface area contributed by atoms with Gasteiger partial charge in [0.25, 0.3) is 5.91 Å². The first-order valence-electron chi connectivity index (χ1n) is 6.80. The lowest BCUT2D eigenvalue weighted by Gasteiger charge is -2.31. The lowest BCUT2D eigenvalue weighted by Crippen LogP contribution is -2.43. The number of carbonyl (C=O) groups is 1. The highest BCUT2D eigenvalue weighted by molar-refractivity contribution is 5.92. The molecule has 1 heterocycles. The summed E-state index contributed by atoms with van der Waals surface area (Å²) in [6, 6.07) is 1.83. The van der Waals surface area contributed by atoms with Gasteiger partial charge >= 0.3 is 0 Å². The average molecular weight is 266 g/mol. The molecule has 0 fully saturated rings. The SMILES string of the molecule is CCCN(CC(C)(C)CN)C(=O)c1cc(C)nn1C. The molecular formula is C14H26N4O. The fourth-order valence-electron chi connectivity index (χ4n) is 2.08. The van der Waals surface area contributed by atoms with Gasteiger partial charge in [0.15, 0.2) is 0 Å². The van der Waals surface area contributed by atoms with Gasteiger partial charge in [0.1, 0.15) is 5.69 Å². The van der Waals surface area contributed by atoms with Crippen LogP contribution in [0.5, 0.6) is 0 Å². The number of rotatable bonds is 6. The molecule has 0 saturated heterocycles. The van der Waals surface area contributed by atoms with Crippen molar-refractivity contribution in [1.29, 1.82) is 0 Å². The van der Waals surface area contributed by atoms with Crippen LogP contribution in [0, 0.1) is 12.3 Å².